The van der Waals surface area contributed by atoms with Crippen molar-refractivity contribution in [3.8, 4) is 22.8 Å². The monoisotopic (exact) mass is 331 g/mol. The summed E-state index contributed by atoms with van der Waals surface area (Å²) in [5.41, 5.74) is 2.44. The molecule has 0 aliphatic heterocycles. The highest BCUT2D eigenvalue weighted by Gasteiger charge is 2.20. The third-order valence-corrected chi connectivity index (χ3v) is 3.99. The summed E-state index contributed by atoms with van der Waals surface area (Å²) in [5.74, 6) is 0.274. The number of rotatable bonds is 3. The highest BCUT2D eigenvalue weighted by molar-refractivity contribution is 5.87. The van der Waals surface area contributed by atoms with Gasteiger partial charge in [0.2, 0.25) is 0 Å². The van der Waals surface area contributed by atoms with Gasteiger partial charge in [-0.2, -0.15) is 0 Å². The van der Waals surface area contributed by atoms with Gasteiger partial charge in [-0.25, -0.2) is 4.98 Å². The molecule has 0 unspecified atom stereocenters. The zero-order chi connectivity index (χ0) is 17.4. The fourth-order valence-electron chi connectivity index (χ4n) is 2.87. The zero-order valence-corrected chi connectivity index (χ0v) is 13.0. The van der Waals surface area contributed by atoms with Crippen LogP contribution in [0.2, 0.25) is 0 Å². The number of hydrogen-bond donors (Lipinski definition) is 1. The van der Waals surface area contributed by atoms with Crippen molar-refractivity contribution in [2.24, 2.45) is 0 Å². The Morgan fingerprint density at radius 1 is 0.960 bits per heavy atom. The fraction of sp³-hybridized carbons (Fsp3) is 0. The van der Waals surface area contributed by atoms with Crippen LogP contribution in [-0.2, 0) is 0 Å². The summed E-state index contributed by atoms with van der Waals surface area (Å²) < 4.78 is 1.88. The number of nitro benzene ring substituents is 1. The number of imidazole rings is 1. The Hall–Kier alpha value is -3.67. The van der Waals surface area contributed by atoms with Crippen molar-refractivity contribution in [2.75, 3.05) is 0 Å². The van der Waals surface area contributed by atoms with Crippen LogP contribution in [-0.4, -0.2) is 19.6 Å². The Morgan fingerprint density at radius 3 is 2.24 bits per heavy atom. The predicted octanol–water partition coefficient (Wildman–Crippen LogP) is 4.31. The van der Waals surface area contributed by atoms with Crippen molar-refractivity contribution in [2.45, 2.75) is 0 Å². The van der Waals surface area contributed by atoms with Crippen LogP contribution in [0, 0.1) is 10.1 Å². The largest absolute Gasteiger partial charge is 0.502 e. The van der Waals surface area contributed by atoms with E-state index in [1.807, 2.05) is 65.2 Å². The summed E-state index contributed by atoms with van der Waals surface area (Å²) >= 11 is 0. The van der Waals surface area contributed by atoms with Crippen molar-refractivity contribution in [3.63, 3.8) is 0 Å². The molecule has 0 radical (unpaired) electrons. The maximum Gasteiger partial charge on any atom is 0.313 e. The fourth-order valence-corrected chi connectivity index (χ4v) is 2.87. The number of phenolic OH excluding ortho intramolecular Hbond substituents is 1. The van der Waals surface area contributed by atoms with Gasteiger partial charge in [0.05, 0.1) is 16.0 Å². The van der Waals surface area contributed by atoms with E-state index in [1.54, 1.807) is 0 Å². The first kappa shape index (κ1) is 14.9. The molecule has 0 aliphatic rings. The molecule has 4 rings (SSSR count). The summed E-state index contributed by atoms with van der Waals surface area (Å²) in [7, 11) is 0. The molecule has 6 nitrogen and oxygen atoms in total. The lowest BCUT2D eigenvalue weighted by molar-refractivity contribution is -0.385. The molecule has 0 bridgehead atoms. The lowest BCUT2D eigenvalue weighted by Gasteiger charge is -2.09. The van der Waals surface area contributed by atoms with Crippen LogP contribution in [0.5, 0.6) is 5.75 Å². The van der Waals surface area contributed by atoms with Gasteiger partial charge in [-0.3, -0.25) is 14.7 Å². The minimum Gasteiger partial charge on any atom is -0.502 e. The van der Waals surface area contributed by atoms with Gasteiger partial charge in [0, 0.05) is 23.4 Å². The molecule has 25 heavy (non-hydrogen) atoms. The van der Waals surface area contributed by atoms with E-state index in [0.717, 1.165) is 11.3 Å². The number of fused-ring (bicyclic) bond motifs is 1. The minimum atomic E-state index is -0.613. The molecule has 0 saturated carbocycles. The molecule has 1 N–H and O–H groups in total. The van der Waals surface area contributed by atoms with Gasteiger partial charge in [-0.1, -0.05) is 48.5 Å². The van der Waals surface area contributed by atoms with E-state index in [-0.39, 0.29) is 11.4 Å². The summed E-state index contributed by atoms with van der Waals surface area (Å²) in [6.45, 7) is 0. The average Bonchev–Trinajstić information content (AvgIpc) is 3.00. The molecule has 1 heterocycles. The third kappa shape index (κ3) is 2.49. The molecule has 4 aromatic rings. The van der Waals surface area contributed by atoms with Crippen molar-refractivity contribution >= 4 is 16.7 Å². The Labute approximate surface area is 142 Å². The first-order valence-electron chi connectivity index (χ1n) is 7.66. The predicted molar refractivity (Wildman–Crippen MR) is 94.8 cm³/mol. The number of phenols is 1. The number of nitro groups is 1. The van der Waals surface area contributed by atoms with E-state index in [1.165, 1.54) is 12.1 Å². The second-order valence-corrected chi connectivity index (χ2v) is 5.56. The molecule has 0 fully saturated rings. The van der Waals surface area contributed by atoms with Gasteiger partial charge >= 0.3 is 5.69 Å². The molecule has 122 valence electrons. The van der Waals surface area contributed by atoms with E-state index in [2.05, 4.69) is 4.98 Å². The minimum absolute atomic E-state index is 0.357. The van der Waals surface area contributed by atoms with Crippen LogP contribution in [0.25, 0.3) is 28.1 Å². The van der Waals surface area contributed by atoms with Crippen molar-refractivity contribution < 1.29 is 10.0 Å². The van der Waals surface area contributed by atoms with E-state index in [9.17, 15) is 15.2 Å². The molecule has 0 aliphatic carbocycles. The summed E-state index contributed by atoms with van der Waals surface area (Å²) in [6, 6.07) is 21.8. The van der Waals surface area contributed by atoms with Gasteiger partial charge in [-0.15, -0.1) is 0 Å². The first-order chi connectivity index (χ1) is 12.1. The van der Waals surface area contributed by atoms with Crippen LogP contribution in [0.4, 0.5) is 5.69 Å². The maximum atomic E-state index is 11.1. The molecule has 0 saturated heterocycles. The SMILES string of the molecule is O=[N+]([O-])c1cc2nc(-c3ccccc3)n(-c3ccccc3)c2cc1O. The number of benzene rings is 3. The molecule has 0 atom stereocenters. The van der Waals surface area contributed by atoms with Crippen molar-refractivity contribution in [1.82, 2.24) is 9.55 Å². The van der Waals surface area contributed by atoms with Gasteiger partial charge in [0.15, 0.2) is 5.75 Å². The molecule has 1 aromatic heterocycles. The number of nitrogens with zero attached hydrogens (tertiary/aromatic N) is 3. The van der Waals surface area contributed by atoms with E-state index < -0.39 is 4.92 Å². The number of aromatic hydroxyl groups is 1. The highest BCUT2D eigenvalue weighted by atomic mass is 16.6. The second kappa shape index (κ2) is 5.76. The van der Waals surface area contributed by atoms with E-state index >= 15 is 0 Å². The Balaban J connectivity index is 2.08. The molecule has 0 spiro atoms. The van der Waals surface area contributed by atoms with Gasteiger partial charge in [0.1, 0.15) is 5.82 Å². The third-order valence-electron chi connectivity index (χ3n) is 3.99. The molecule has 0 amide bonds. The lowest BCUT2D eigenvalue weighted by atomic mass is 10.2. The standard InChI is InChI=1S/C19H13N3O3/c23-18-12-16-15(11-17(18)22(24)25)20-19(13-7-3-1-4-8-13)21(16)14-9-5-2-6-10-14/h1-12,23H. The van der Waals surface area contributed by atoms with Crippen molar-refractivity contribution in [3.05, 3.63) is 82.9 Å². The molecular weight excluding hydrogens is 318 g/mol. The van der Waals surface area contributed by atoms with Gasteiger partial charge < -0.3 is 5.11 Å². The second-order valence-electron chi connectivity index (χ2n) is 5.56. The Morgan fingerprint density at radius 2 is 1.60 bits per heavy atom. The smallest absolute Gasteiger partial charge is 0.313 e. The van der Waals surface area contributed by atoms with E-state index in [4.69, 9.17) is 0 Å². The summed E-state index contributed by atoms with van der Waals surface area (Å²) in [5, 5.41) is 21.2. The molecule has 6 heteroatoms. The van der Waals surface area contributed by atoms with Crippen molar-refractivity contribution in [1.29, 1.82) is 0 Å². The number of para-hydroxylation sites is 1. The zero-order valence-electron chi connectivity index (χ0n) is 13.0. The van der Waals surface area contributed by atoms with E-state index in [0.29, 0.717) is 16.9 Å². The first-order valence-corrected chi connectivity index (χ1v) is 7.66. The van der Waals surface area contributed by atoms with Crippen LogP contribution < -0.4 is 0 Å². The van der Waals surface area contributed by atoms with Crippen LogP contribution in [0.1, 0.15) is 0 Å². The quantitative estimate of drug-likeness (QED) is 0.448. The average molecular weight is 331 g/mol. The van der Waals surface area contributed by atoms with Gasteiger partial charge in [-0.05, 0) is 12.1 Å². The molecular formula is C19H13N3O3. The van der Waals surface area contributed by atoms with Gasteiger partial charge in [0.25, 0.3) is 0 Å². The number of hydrogen-bond acceptors (Lipinski definition) is 4. The normalized spacial score (nSPS) is 10.9. The maximum absolute atomic E-state index is 11.1. The lowest BCUT2D eigenvalue weighted by Crippen LogP contribution is -1.97. The summed E-state index contributed by atoms with van der Waals surface area (Å²) in [4.78, 5) is 15.1. The van der Waals surface area contributed by atoms with Crippen LogP contribution >= 0.6 is 0 Å². The number of aromatic nitrogens is 2. The Bertz CT molecular complexity index is 1070. The van der Waals surface area contributed by atoms with Crippen LogP contribution in [0.15, 0.2) is 72.8 Å². The molecule has 3 aromatic carbocycles. The van der Waals surface area contributed by atoms with Crippen LogP contribution in [0.3, 0.4) is 0 Å². The Kier molecular flexibility index (Phi) is 3.43. The summed E-state index contributed by atoms with van der Waals surface area (Å²) in [6.07, 6.45) is 0. The highest BCUT2D eigenvalue weighted by Crippen LogP contribution is 2.35. The topological polar surface area (TPSA) is 81.2 Å².